The third-order valence-electron chi connectivity index (χ3n) is 4.67. The second-order valence-electron chi connectivity index (χ2n) is 6.79. The van der Waals surface area contributed by atoms with Crippen LogP contribution in [0.5, 0.6) is 0 Å². The van der Waals surface area contributed by atoms with Gasteiger partial charge in [0, 0.05) is 5.56 Å². The SMILES string of the molecule is CCOC(=O)c1ccc(-c2ccc(C=C3C(=O)NC(=S)N(Cc4ccco4)C3=O)o2)cc1. The van der Waals surface area contributed by atoms with Gasteiger partial charge in [-0.2, -0.15) is 0 Å². The smallest absolute Gasteiger partial charge is 0.338 e. The number of carbonyl (C=O) groups excluding carboxylic acids is 3. The number of hydrogen-bond acceptors (Lipinski definition) is 7. The average molecular weight is 450 g/mol. The Morgan fingerprint density at radius 3 is 2.62 bits per heavy atom. The lowest BCUT2D eigenvalue weighted by Crippen LogP contribution is -2.53. The van der Waals surface area contributed by atoms with Crippen molar-refractivity contribution in [2.24, 2.45) is 0 Å². The van der Waals surface area contributed by atoms with Gasteiger partial charge in [-0.15, -0.1) is 0 Å². The normalized spacial score (nSPS) is 15.2. The maximum atomic E-state index is 12.9. The Hall–Kier alpha value is -3.98. The van der Waals surface area contributed by atoms with Gasteiger partial charge in [0.05, 0.1) is 25.0 Å². The van der Waals surface area contributed by atoms with E-state index in [2.05, 4.69) is 5.32 Å². The number of carbonyl (C=O) groups is 3. The first kappa shape index (κ1) is 21.3. The first-order valence-corrected chi connectivity index (χ1v) is 10.2. The molecule has 1 aliphatic heterocycles. The van der Waals surface area contributed by atoms with Gasteiger partial charge in [0.25, 0.3) is 11.8 Å². The molecule has 8 nitrogen and oxygen atoms in total. The summed E-state index contributed by atoms with van der Waals surface area (Å²) in [6, 6.07) is 13.5. The monoisotopic (exact) mass is 450 g/mol. The predicted molar refractivity (Wildman–Crippen MR) is 118 cm³/mol. The van der Waals surface area contributed by atoms with Gasteiger partial charge in [0.1, 0.15) is 22.9 Å². The Bertz CT molecular complexity index is 1210. The highest BCUT2D eigenvalue weighted by Gasteiger charge is 2.34. The molecule has 1 N–H and O–H groups in total. The number of furan rings is 2. The Labute approximate surface area is 188 Å². The number of amides is 2. The predicted octanol–water partition coefficient (Wildman–Crippen LogP) is 3.54. The largest absolute Gasteiger partial charge is 0.467 e. The fourth-order valence-electron chi connectivity index (χ4n) is 3.11. The van der Waals surface area contributed by atoms with Crippen LogP contribution < -0.4 is 5.32 Å². The zero-order chi connectivity index (χ0) is 22.7. The highest BCUT2D eigenvalue weighted by molar-refractivity contribution is 7.80. The minimum Gasteiger partial charge on any atom is -0.467 e. The second kappa shape index (κ2) is 9.03. The molecule has 3 heterocycles. The van der Waals surface area contributed by atoms with E-state index in [0.29, 0.717) is 29.5 Å². The van der Waals surface area contributed by atoms with E-state index in [1.807, 2.05) is 0 Å². The topological polar surface area (TPSA) is 102 Å². The van der Waals surface area contributed by atoms with Gasteiger partial charge < -0.3 is 13.6 Å². The van der Waals surface area contributed by atoms with Crippen molar-refractivity contribution in [3.8, 4) is 11.3 Å². The fourth-order valence-corrected chi connectivity index (χ4v) is 3.35. The minimum atomic E-state index is -0.604. The van der Waals surface area contributed by atoms with Crippen LogP contribution in [-0.4, -0.2) is 34.4 Å². The molecule has 0 radical (unpaired) electrons. The van der Waals surface area contributed by atoms with Crippen LogP contribution in [0.15, 0.2) is 69.2 Å². The van der Waals surface area contributed by atoms with Crippen molar-refractivity contribution >= 4 is 41.2 Å². The first-order chi connectivity index (χ1) is 15.5. The molecule has 2 aromatic heterocycles. The number of nitrogens with zero attached hydrogens (tertiary/aromatic N) is 1. The number of ether oxygens (including phenoxy) is 1. The van der Waals surface area contributed by atoms with Crippen LogP contribution in [0.4, 0.5) is 0 Å². The first-order valence-electron chi connectivity index (χ1n) is 9.75. The Kier molecular flexibility index (Phi) is 6.00. The van der Waals surface area contributed by atoms with Crippen LogP contribution >= 0.6 is 12.2 Å². The number of thiocarbonyl (C=S) groups is 1. The average Bonchev–Trinajstić information content (AvgIpc) is 3.47. The molecule has 9 heteroatoms. The summed E-state index contributed by atoms with van der Waals surface area (Å²) in [6.07, 6.45) is 2.86. The summed E-state index contributed by atoms with van der Waals surface area (Å²) in [4.78, 5) is 38.3. The summed E-state index contributed by atoms with van der Waals surface area (Å²) in [5.74, 6) is -0.192. The molecule has 162 valence electrons. The molecule has 0 atom stereocenters. The lowest BCUT2D eigenvalue weighted by molar-refractivity contribution is -0.129. The van der Waals surface area contributed by atoms with Crippen LogP contribution in [0.25, 0.3) is 17.4 Å². The summed E-state index contributed by atoms with van der Waals surface area (Å²) < 4.78 is 16.0. The van der Waals surface area contributed by atoms with Gasteiger partial charge in [-0.05, 0) is 61.6 Å². The highest BCUT2D eigenvalue weighted by atomic mass is 32.1. The summed E-state index contributed by atoms with van der Waals surface area (Å²) in [5, 5.41) is 2.52. The van der Waals surface area contributed by atoms with Crippen molar-refractivity contribution in [1.29, 1.82) is 0 Å². The third kappa shape index (κ3) is 4.37. The van der Waals surface area contributed by atoms with Crippen LogP contribution in [0.3, 0.4) is 0 Å². The van der Waals surface area contributed by atoms with Gasteiger partial charge in [0.2, 0.25) is 0 Å². The molecule has 1 fully saturated rings. The lowest BCUT2D eigenvalue weighted by atomic mass is 10.1. The molecule has 32 heavy (non-hydrogen) atoms. The highest BCUT2D eigenvalue weighted by Crippen LogP contribution is 2.25. The molecule has 4 rings (SSSR count). The molecule has 1 saturated heterocycles. The molecule has 0 aliphatic carbocycles. The van der Waals surface area contributed by atoms with Crippen LogP contribution in [0.2, 0.25) is 0 Å². The van der Waals surface area contributed by atoms with Gasteiger partial charge in [-0.25, -0.2) is 4.79 Å². The van der Waals surface area contributed by atoms with Crippen molar-refractivity contribution in [3.05, 3.63) is 77.5 Å². The Balaban J connectivity index is 1.55. The number of benzene rings is 1. The van der Waals surface area contributed by atoms with Crippen LogP contribution in [0, 0.1) is 0 Å². The van der Waals surface area contributed by atoms with Gasteiger partial charge >= 0.3 is 5.97 Å². The van der Waals surface area contributed by atoms with E-state index in [0.717, 1.165) is 5.56 Å². The summed E-state index contributed by atoms with van der Waals surface area (Å²) in [5.41, 5.74) is 1.05. The van der Waals surface area contributed by atoms with Crippen molar-refractivity contribution in [3.63, 3.8) is 0 Å². The molecule has 2 amide bonds. The summed E-state index contributed by atoms with van der Waals surface area (Å²) in [7, 11) is 0. The summed E-state index contributed by atoms with van der Waals surface area (Å²) in [6.45, 7) is 2.14. The number of rotatable bonds is 6. The molecule has 0 saturated carbocycles. The Morgan fingerprint density at radius 1 is 1.16 bits per heavy atom. The maximum Gasteiger partial charge on any atom is 0.338 e. The van der Waals surface area contributed by atoms with Gasteiger partial charge in [0.15, 0.2) is 5.11 Å². The van der Waals surface area contributed by atoms with E-state index in [9.17, 15) is 14.4 Å². The molecule has 0 spiro atoms. The van der Waals surface area contributed by atoms with E-state index in [1.54, 1.807) is 55.5 Å². The van der Waals surface area contributed by atoms with Crippen molar-refractivity contribution in [2.75, 3.05) is 6.61 Å². The van der Waals surface area contributed by atoms with Crippen LogP contribution in [0.1, 0.15) is 28.8 Å². The molecular formula is C23H18N2O6S. The lowest BCUT2D eigenvalue weighted by Gasteiger charge is -2.27. The molecule has 0 bridgehead atoms. The van der Waals surface area contributed by atoms with Crippen LogP contribution in [-0.2, 0) is 20.9 Å². The van der Waals surface area contributed by atoms with Crippen molar-refractivity contribution in [2.45, 2.75) is 13.5 Å². The quantitative estimate of drug-likeness (QED) is 0.265. The number of hydrogen-bond donors (Lipinski definition) is 1. The van der Waals surface area contributed by atoms with Crippen molar-refractivity contribution in [1.82, 2.24) is 10.2 Å². The second-order valence-corrected chi connectivity index (χ2v) is 7.17. The minimum absolute atomic E-state index is 0.00961. The molecular weight excluding hydrogens is 432 g/mol. The molecule has 1 aliphatic rings. The zero-order valence-corrected chi connectivity index (χ0v) is 17.8. The zero-order valence-electron chi connectivity index (χ0n) is 17.0. The summed E-state index contributed by atoms with van der Waals surface area (Å²) >= 11 is 5.13. The standard InChI is InChI=1S/C23H18N2O6S/c1-2-29-22(28)15-7-5-14(6-8-15)19-10-9-16(31-19)12-18-20(26)24-23(32)25(21(18)27)13-17-4-3-11-30-17/h3-12H,2,13H2,1H3,(H,24,26,32). The van der Waals surface area contributed by atoms with E-state index >= 15 is 0 Å². The Morgan fingerprint density at radius 2 is 1.94 bits per heavy atom. The van der Waals surface area contributed by atoms with Crippen molar-refractivity contribution < 1.29 is 28.0 Å². The van der Waals surface area contributed by atoms with Gasteiger partial charge in [-0.1, -0.05) is 12.1 Å². The van der Waals surface area contributed by atoms with E-state index in [-0.39, 0.29) is 17.2 Å². The van der Waals surface area contributed by atoms with E-state index in [4.69, 9.17) is 25.8 Å². The fraction of sp³-hybridized carbons (Fsp3) is 0.130. The molecule has 0 unspecified atom stereocenters. The van der Waals surface area contributed by atoms with E-state index < -0.39 is 17.8 Å². The molecule has 3 aromatic rings. The van der Waals surface area contributed by atoms with E-state index in [1.165, 1.54) is 17.2 Å². The number of esters is 1. The molecule has 1 aromatic carbocycles. The van der Waals surface area contributed by atoms with Gasteiger partial charge in [-0.3, -0.25) is 19.8 Å². The maximum absolute atomic E-state index is 12.9. The third-order valence-corrected chi connectivity index (χ3v) is 5.00. The number of nitrogens with one attached hydrogen (secondary N) is 1.